The zero-order valence-corrected chi connectivity index (χ0v) is 8.29. The van der Waals surface area contributed by atoms with Crippen LogP contribution in [0.5, 0.6) is 0 Å². The van der Waals surface area contributed by atoms with Crippen LogP contribution >= 0.6 is 0 Å². The van der Waals surface area contributed by atoms with Gasteiger partial charge in [-0.1, -0.05) is 30.3 Å². The zero-order valence-electron chi connectivity index (χ0n) is 8.29. The van der Waals surface area contributed by atoms with E-state index in [1.807, 2.05) is 18.2 Å². The van der Waals surface area contributed by atoms with Crippen molar-refractivity contribution in [3.8, 4) is 0 Å². The minimum atomic E-state index is -1.39. The topological polar surface area (TPSA) is 79.0 Å². The van der Waals surface area contributed by atoms with Gasteiger partial charge < -0.3 is 19.4 Å². The first-order chi connectivity index (χ1) is 7.68. The first kappa shape index (κ1) is 10.6. The van der Waals surface area contributed by atoms with E-state index >= 15 is 0 Å². The van der Waals surface area contributed by atoms with Crippen molar-refractivity contribution in [1.29, 1.82) is 0 Å². The largest absolute Gasteiger partial charge is 0.547 e. The minimum Gasteiger partial charge on any atom is -0.547 e. The quantitative estimate of drug-likeness (QED) is 0.493. The smallest absolute Gasteiger partial charge is 0.338 e. The van der Waals surface area contributed by atoms with Gasteiger partial charge in [0.25, 0.3) is 0 Å². The number of benzene rings is 1. The normalized spacial score (nSPS) is 22.5. The molecule has 0 saturated carbocycles. The summed E-state index contributed by atoms with van der Waals surface area (Å²) in [6.07, 6.45) is -2.16. The second kappa shape index (κ2) is 4.32. The fourth-order valence-electron chi connectivity index (χ4n) is 1.28. The zero-order chi connectivity index (χ0) is 11.5. The lowest BCUT2D eigenvalue weighted by molar-refractivity contribution is -0.307. The Bertz CT molecular complexity index is 400. The lowest BCUT2D eigenvalue weighted by Gasteiger charge is -2.02. The Hall–Kier alpha value is -1.88. The molecule has 0 spiro atoms. The number of ether oxygens (including phenoxy) is 2. The van der Waals surface area contributed by atoms with E-state index in [-0.39, 0.29) is 6.61 Å². The van der Waals surface area contributed by atoms with Crippen molar-refractivity contribution in [2.75, 3.05) is 0 Å². The molecule has 1 saturated heterocycles. The summed E-state index contributed by atoms with van der Waals surface area (Å²) in [5.41, 5.74) is 0.835. The van der Waals surface area contributed by atoms with Gasteiger partial charge in [0, 0.05) is 0 Å². The molecular formula is C11H9O5-. The molecule has 0 aromatic heterocycles. The predicted octanol–water partition coefficient (Wildman–Crippen LogP) is -0.753. The van der Waals surface area contributed by atoms with Crippen LogP contribution < -0.4 is 5.11 Å². The molecule has 1 fully saturated rings. The van der Waals surface area contributed by atoms with Crippen molar-refractivity contribution in [3.63, 3.8) is 0 Å². The van der Waals surface area contributed by atoms with Crippen LogP contribution in [0.15, 0.2) is 30.3 Å². The van der Waals surface area contributed by atoms with Crippen LogP contribution in [0.2, 0.25) is 0 Å². The van der Waals surface area contributed by atoms with Crippen LogP contribution in [0.3, 0.4) is 0 Å². The van der Waals surface area contributed by atoms with E-state index in [0.717, 1.165) is 5.56 Å². The van der Waals surface area contributed by atoms with E-state index in [9.17, 15) is 14.7 Å². The van der Waals surface area contributed by atoms with Crippen LogP contribution in [0.1, 0.15) is 5.56 Å². The monoisotopic (exact) mass is 221 g/mol. The molecule has 0 bridgehead atoms. The molecule has 16 heavy (non-hydrogen) atoms. The second-order valence-electron chi connectivity index (χ2n) is 3.39. The third-order valence-electron chi connectivity index (χ3n) is 2.18. The van der Waals surface area contributed by atoms with Crippen molar-refractivity contribution in [2.24, 2.45) is 0 Å². The lowest BCUT2D eigenvalue weighted by Crippen LogP contribution is -2.31. The van der Waals surface area contributed by atoms with Gasteiger partial charge in [-0.15, -0.1) is 0 Å². The van der Waals surface area contributed by atoms with Crippen molar-refractivity contribution < 1.29 is 24.2 Å². The fourth-order valence-corrected chi connectivity index (χ4v) is 1.28. The Morgan fingerprint density at radius 2 is 1.94 bits per heavy atom. The SMILES string of the molecule is O=C([O-])C1OC1C(=O)OCc1ccccc1. The van der Waals surface area contributed by atoms with Gasteiger partial charge >= 0.3 is 5.97 Å². The van der Waals surface area contributed by atoms with E-state index in [2.05, 4.69) is 4.74 Å². The number of rotatable bonds is 4. The van der Waals surface area contributed by atoms with E-state index < -0.39 is 24.1 Å². The third kappa shape index (κ3) is 2.38. The first-order valence-electron chi connectivity index (χ1n) is 4.75. The molecule has 0 aliphatic carbocycles. The molecule has 1 aromatic carbocycles. The molecule has 1 aliphatic rings. The van der Waals surface area contributed by atoms with Gasteiger partial charge in [0.2, 0.25) is 0 Å². The maximum Gasteiger partial charge on any atom is 0.338 e. The number of carbonyl (C=O) groups is 2. The molecule has 5 nitrogen and oxygen atoms in total. The van der Waals surface area contributed by atoms with Gasteiger partial charge in [-0.2, -0.15) is 0 Å². The molecule has 1 heterocycles. The number of aliphatic carboxylic acids is 1. The number of hydrogen-bond acceptors (Lipinski definition) is 5. The summed E-state index contributed by atoms with van der Waals surface area (Å²) in [6, 6.07) is 9.09. The summed E-state index contributed by atoms with van der Waals surface area (Å²) in [5.74, 6) is -2.06. The highest BCUT2D eigenvalue weighted by Crippen LogP contribution is 2.22. The summed E-state index contributed by atoms with van der Waals surface area (Å²) in [7, 11) is 0. The highest BCUT2D eigenvalue weighted by molar-refractivity contribution is 5.88. The number of carboxylic acid groups (broad SMARTS) is 1. The number of esters is 1. The standard InChI is InChI=1S/C11H10O5/c12-10(13)8-9(16-8)11(14)15-6-7-4-2-1-3-5-7/h1-5,8-9H,6H2,(H,12,13)/p-1. The van der Waals surface area contributed by atoms with E-state index in [4.69, 9.17) is 4.74 Å². The van der Waals surface area contributed by atoms with E-state index in [1.165, 1.54) is 0 Å². The molecule has 0 amide bonds. The minimum absolute atomic E-state index is 0.110. The first-order valence-corrected chi connectivity index (χ1v) is 4.75. The molecule has 2 atom stereocenters. The predicted molar refractivity (Wildman–Crippen MR) is 49.9 cm³/mol. The maximum absolute atomic E-state index is 11.3. The van der Waals surface area contributed by atoms with Crippen molar-refractivity contribution in [1.82, 2.24) is 0 Å². The third-order valence-corrected chi connectivity index (χ3v) is 2.18. The summed E-state index contributed by atoms with van der Waals surface area (Å²) >= 11 is 0. The number of carbonyl (C=O) groups excluding carboxylic acids is 2. The van der Waals surface area contributed by atoms with Crippen LogP contribution in [0.25, 0.3) is 0 Å². The van der Waals surface area contributed by atoms with Crippen molar-refractivity contribution >= 4 is 11.9 Å². The Morgan fingerprint density at radius 3 is 2.50 bits per heavy atom. The molecule has 84 valence electrons. The number of epoxide rings is 1. The average molecular weight is 221 g/mol. The van der Waals surface area contributed by atoms with Gasteiger partial charge in [-0.25, -0.2) is 4.79 Å². The Balaban J connectivity index is 1.80. The van der Waals surface area contributed by atoms with E-state index in [1.54, 1.807) is 12.1 Å². The Morgan fingerprint density at radius 1 is 1.25 bits per heavy atom. The fraction of sp³-hybridized carbons (Fsp3) is 0.273. The Kier molecular flexibility index (Phi) is 2.87. The second-order valence-corrected chi connectivity index (χ2v) is 3.39. The molecule has 0 N–H and O–H groups in total. The van der Waals surface area contributed by atoms with Crippen LogP contribution in [-0.2, 0) is 25.7 Å². The molecule has 5 heteroatoms. The van der Waals surface area contributed by atoms with Crippen molar-refractivity contribution in [3.05, 3.63) is 35.9 Å². The van der Waals surface area contributed by atoms with Gasteiger partial charge in [-0.05, 0) is 5.56 Å². The average Bonchev–Trinajstić information content (AvgIpc) is 3.07. The highest BCUT2D eigenvalue weighted by Gasteiger charge is 2.47. The van der Waals surface area contributed by atoms with Crippen molar-refractivity contribution in [2.45, 2.75) is 18.8 Å². The van der Waals surface area contributed by atoms with Gasteiger partial charge in [0.15, 0.2) is 6.10 Å². The van der Waals surface area contributed by atoms with Gasteiger partial charge in [0.1, 0.15) is 12.7 Å². The molecular weight excluding hydrogens is 212 g/mol. The highest BCUT2D eigenvalue weighted by atomic mass is 16.7. The van der Waals surface area contributed by atoms with E-state index in [0.29, 0.717) is 0 Å². The maximum atomic E-state index is 11.3. The summed E-state index contributed by atoms with van der Waals surface area (Å²) in [4.78, 5) is 21.6. The van der Waals surface area contributed by atoms with Gasteiger partial charge in [-0.3, -0.25) is 0 Å². The van der Waals surface area contributed by atoms with Gasteiger partial charge in [0.05, 0.1) is 5.97 Å². The molecule has 1 aromatic rings. The molecule has 2 rings (SSSR count). The van der Waals surface area contributed by atoms with Crippen LogP contribution in [0, 0.1) is 0 Å². The Labute approximate surface area is 91.6 Å². The molecule has 0 radical (unpaired) electrons. The number of hydrogen-bond donors (Lipinski definition) is 0. The number of carboxylic acids is 1. The van der Waals surface area contributed by atoms with Crippen LogP contribution in [0.4, 0.5) is 0 Å². The summed E-state index contributed by atoms with van der Waals surface area (Å²) < 4.78 is 9.47. The lowest BCUT2D eigenvalue weighted by atomic mass is 10.2. The van der Waals surface area contributed by atoms with Crippen LogP contribution in [-0.4, -0.2) is 24.1 Å². The summed E-state index contributed by atoms with van der Waals surface area (Å²) in [6.45, 7) is 0.110. The molecule has 2 unspecified atom stereocenters. The molecule has 1 aliphatic heterocycles. The summed E-state index contributed by atoms with van der Waals surface area (Å²) in [5, 5.41) is 10.3.